The summed E-state index contributed by atoms with van der Waals surface area (Å²) in [6.07, 6.45) is 11.4. The van der Waals surface area contributed by atoms with Crippen molar-refractivity contribution in [3.05, 3.63) is 35.6 Å². The summed E-state index contributed by atoms with van der Waals surface area (Å²) in [7, 11) is 4.06. The van der Waals surface area contributed by atoms with Gasteiger partial charge in [0, 0.05) is 24.5 Å². The number of aliphatic hydroxyl groups excluding tert-OH is 1. The van der Waals surface area contributed by atoms with Crippen LogP contribution in [0.2, 0.25) is 0 Å². The fourth-order valence-corrected chi connectivity index (χ4v) is 8.31. The maximum atomic E-state index is 11.9. The Morgan fingerprint density at radius 3 is 2.68 bits per heavy atom. The van der Waals surface area contributed by atoms with Gasteiger partial charge in [0.1, 0.15) is 5.76 Å². The first-order valence-corrected chi connectivity index (χ1v) is 12.1. The maximum Gasteiger partial charge on any atom is 0.209 e. The second kappa shape index (κ2) is 8.40. The Balaban J connectivity index is 1.92. The molecule has 0 radical (unpaired) electrons. The van der Waals surface area contributed by atoms with Crippen LogP contribution < -0.4 is 10.6 Å². The minimum Gasteiger partial charge on any atom is -0.508 e. The number of hydrogen-bond acceptors (Lipinski definition) is 4. The number of nitrogens with one attached hydrogen (secondary N) is 2. The molecule has 2 saturated carbocycles. The molecule has 1 amide bonds. The number of rotatable bonds is 8. The summed E-state index contributed by atoms with van der Waals surface area (Å²) < 4.78 is 0. The van der Waals surface area contributed by atoms with Gasteiger partial charge in [-0.2, -0.15) is 0 Å². The lowest BCUT2D eigenvalue weighted by atomic mass is 9.46. The van der Waals surface area contributed by atoms with Crippen molar-refractivity contribution in [2.24, 2.45) is 28.6 Å². The monoisotopic (exact) mass is 427 g/mol. The van der Waals surface area contributed by atoms with E-state index in [2.05, 4.69) is 38.1 Å². The highest BCUT2D eigenvalue weighted by Gasteiger charge is 2.71. The minimum atomic E-state index is -0.0216. The smallest absolute Gasteiger partial charge is 0.209 e. The zero-order valence-electron chi connectivity index (χ0n) is 19.8. The zero-order chi connectivity index (χ0) is 22.4. The molecule has 6 atom stereocenters. The van der Waals surface area contributed by atoms with Crippen LogP contribution in [0.3, 0.4) is 0 Å². The van der Waals surface area contributed by atoms with E-state index in [4.69, 9.17) is 0 Å². The molecule has 3 aliphatic carbocycles. The summed E-state index contributed by atoms with van der Waals surface area (Å²) in [4.78, 5) is 13.8. The first kappa shape index (κ1) is 22.6. The van der Waals surface area contributed by atoms with Gasteiger partial charge in [-0.3, -0.25) is 4.79 Å². The molecule has 31 heavy (non-hydrogen) atoms. The molecule has 172 valence electrons. The van der Waals surface area contributed by atoms with Gasteiger partial charge in [-0.05, 0) is 113 Å². The Kier molecular flexibility index (Phi) is 6.12. The van der Waals surface area contributed by atoms with Crippen LogP contribution in [0.25, 0.3) is 0 Å². The predicted molar refractivity (Wildman–Crippen MR) is 126 cm³/mol. The molecule has 4 rings (SSSR count). The van der Waals surface area contributed by atoms with E-state index in [1.54, 1.807) is 6.08 Å². The summed E-state index contributed by atoms with van der Waals surface area (Å²) in [5.74, 6) is 1.97. The number of nitrogens with zero attached hydrogens (tertiary/aromatic N) is 1. The van der Waals surface area contributed by atoms with Crippen molar-refractivity contribution in [3.63, 3.8) is 0 Å². The lowest BCUT2D eigenvalue weighted by Gasteiger charge is -2.60. The molecule has 2 bridgehead atoms. The predicted octanol–water partition coefficient (Wildman–Crippen LogP) is 3.80. The fraction of sp³-hybridized carbons (Fsp3) is 0.731. The molecule has 1 aliphatic heterocycles. The van der Waals surface area contributed by atoms with Gasteiger partial charge >= 0.3 is 0 Å². The van der Waals surface area contributed by atoms with E-state index >= 15 is 0 Å². The first-order valence-electron chi connectivity index (χ1n) is 12.1. The molecule has 3 N–H and O–H groups in total. The van der Waals surface area contributed by atoms with E-state index in [-0.39, 0.29) is 22.6 Å². The average Bonchev–Trinajstić information content (AvgIpc) is 3.11. The summed E-state index contributed by atoms with van der Waals surface area (Å²) in [6, 6.07) is 0.640. The van der Waals surface area contributed by atoms with Crippen molar-refractivity contribution in [1.82, 2.24) is 15.5 Å². The lowest BCUT2D eigenvalue weighted by molar-refractivity contribution is -0.126. The molecule has 6 unspecified atom stereocenters. The van der Waals surface area contributed by atoms with Crippen LogP contribution in [0.4, 0.5) is 0 Å². The van der Waals surface area contributed by atoms with Crippen LogP contribution in [0.15, 0.2) is 35.6 Å². The van der Waals surface area contributed by atoms with E-state index in [1.807, 2.05) is 18.0 Å². The molecule has 3 fully saturated rings. The van der Waals surface area contributed by atoms with Crippen LogP contribution >= 0.6 is 0 Å². The van der Waals surface area contributed by atoms with Gasteiger partial charge in [-0.1, -0.05) is 12.2 Å². The molecule has 5 nitrogen and oxygen atoms in total. The first-order chi connectivity index (χ1) is 14.8. The van der Waals surface area contributed by atoms with Crippen molar-refractivity contribution < 1.29 is 9.90 Å². The number of aliphatic hydroxyl groups is 1. The van der Waals surface area contributed by atoms with Gasteiger partial charge in [0.25, 0.3) is 0 Å². The molecule has 1 saturated heterocycles. The molecule has 0 aromatic heterocycles. The quantitative estimate of drug-likeness (QED) is 0.313. The molecular weight excluding hydrogens is 386 g/mol. The zero-order valence-corrected chi connectivity index (χ0v) is 19.8. The Hall–Kier alpha value is -1.59. The number of allylic oxidation sites excluding steroid dienone is 4. The Bertz CT molecular complexity index is 786. The third-order valence-electron chi connectivity index (χ3n) is 9.70. The molecule has 1 heterocycles. The van der Waals surface area contributed by atoms with Crippen molar-refractivity contribution in [3.8, 4) is 0 Å². The number of hydrogen-bond donors (Lipinski definition) is 3. The van der Waals surface area contributed by atoms with Gasteiger partial charge in [0.2, 0.25) is 6.41 Å². The van der Waals surface area contributed by atoms with Gasteiger partial charge in [0.15, 0.2) is 0 Å². The Morgan fingerprint density at radius 2 is 2.10 bits per heavy atom. The van der Waals surface area contributed by atoms with Crippen molar-refractivity contribution in [2.45, 2.75) is 64.5 Å². The maximum absolute atomic E-state index is 11.9. The Labute approximate surface area is 188 Å². The number of amides is 1. The van der Waals surface area contributed by atoms with Gasteiger partial charge in [0.05, 0.1) is 0 Å². The van der Waals surface area contributed by atoms with E-state index in [0.717, 1.165) is 51.1 Å². The average molecular weight is 428 g/mol. The highest BCUT2D eigenvalue weighted by Crippen LogP contribution is 2.75. The number of carbonyl (C=O) groups is 1. The Morgan fingerprint density at radius 1 is 1.39 bits per heavy atom. The highest BCUT2D eigenvalue weighted by molar-refractivity contribution is 5.50. The van der Waals surface area contributed by atoms with Crippen LogP contribution in [0, 0.1) is 28.6 Å². The van der Waals surface area contributed by atoms with E-state index in [0.29, 0.717) is 17.9 Å². The highest BCUT2D eigenvalue weighted by atomic mass is 16.3. The van der Waals surface area contributed by atoms with Gasteiger partial charge in [-0.15, -0.1) is 0 Å². The normalized spacial score (nSPS) is 39.0. The second-order valence-electron chi connectivity index (χ2n) is 10.7. The largest absolute Gasteiger partial charge is 0.508 e. The SMILES string of the molecule is C=C/C(O)=C\C1=C(C)CC(CC2CNC2)C12C1CCC2(C(C)NC)CCC1N(C)C=O. The lowest BCUT2D eigenvalue weighted by Crippen LogP contribution is -2.62. The molecule has 1 spiro atoms. The summed E-state index contributed by atoms with van der Waals surface area (Å²) in [5, 5.41) is 17.7. The second-order valence-corrected chi connectivity index (χ2v) is 10.7. The van der Waals surface area contributed by atoms with Crippen molar-refractivity contribution in [1.29, 1.82) is 0 Å². The number of carbonyl (C=O) groups excluding carboxylic acids is 1. The molecular formula is C26H41N3O2. The van der Waals surface area contributed by atoms with Crippen LogP contribution in [-0.4, -0.2) is 55.7 Å². The molecule has 0 aromatic carbocycles. The summed E-state index contributed by atoms with van der Waals surface area (Å²) in [5.41, 5.74) is 2.88. The third kappa shape index (κ3) is 3.14. The third-order valence-corrected chi connectivity index (χ3v) is 9.70. The fourth-order valence-electron chi connectivity index (χ4n) is 8.31. The van der Waals surface area contributed by atoms with Crippen molar-refractivity contribution >= 4 is 6.41 Å². The van der Waals surface area contributed by atoms with Gasteiger partial charge in [-0.25, -0.2) is 0 Å². The van der Waals surface area contributed by atoms with E-state index in [9.17, 15) is 9.90 Å². The summed E-state index contributed by atoms with van der Waals surface area (Å²) >= 11 is 0. The van der Waals surface area contributed by atoms with Crippen LogP contribution in [0.5, 0.6) is 0 Å². The summed E-state index contributed by atoms with van der Waals surface area (Å²) in [6.45, 7) is 10.7. The van der Waals surface area contributed by atoms with Crippen LogP contribution in [0.1, 0.15) is 52.4 Å². The minimum absolute atomic E-state index is 0.0216. The molecule has 0 aromatic rings. The topological polar surface area (TPSA) is 64.6 Å². The standard InChI is InChI=1S/C26H41N3O2/c1-6-21(31)13-23-17(2)11-20(12-19-14-28-15-19)26(23)22-7-9-25(26,18(3)27-4)10-8-24(22)29(5)16-30/h6,13,16,18-20,22,24,27-28,31H,1,7-12,14-15H2,2-5H3/b21-13+. The molecule has 5 heteroatoms. The van der Waals surface area contributed by atoms with Crippen molar-refractivity contribution in [2.75, 3.05) is 27.2 Å². The van der Waals surface area contributed by atoms with E-state index in [1.165, 1.54) is 24.0 Å². The van der Waals surface area contributed by atoms with Crippen LogP contribution in [-0.2, 0) is 4.79 Å². The van der Waals surface area contributed by atoms with E-state index < -0.39 is 0 Å². The van der Waals surface area contributed by atoms with Gasteiger partial charge < -0.3 is 20.6 Å². The molecule has 4 aliphatic rings.